The maximum absolute atomic E-state index is 11.5. The molecule has 2 atom stereocenters. The summed E-state index contributed by atoms with van der Waals surface area (Å²) < 4.78 is 1.64. The van der Waals surface area contributed by atoms with Crippen molar-refractivity contribution in [3.05, 3.63) is 10.5 Å². The van der Waals surface area contributed by atoms with Crippen LogP contribution in [-0.2, 0) is 6.54 Å². The summed E-state index contributed by atoms with van der Waals surface area (Å²) in [5.74, 6) is 0. The highest BCUT2D eigenvalue weighted by atomic mass is 32.2. The van der Waals surface area contributed by atoms with Crippen molar-refractivity contribution in [1.82, 2.24) is 20.1 Å². The number of nitrogens with zero attached hydrogens (tertiary/aromatic N) is 3. The van der Waals surface area contributed by atoms with E-state index in [2.05, 4.69) is 28.5 Å². The third kappa shape index (κ3) is 3.07. The minimum Gasteiger partial charge on any atom is -0.299 e. The predicted octanol–water partition coefficient (Wildman–Crippen LogP) is 1.50. The maximum atomic E-state index is 11.5. The van der Waals surface area contributed by atoms with Crippen LogP contribution in [0.25, 0.3) is 0 Å². The van der Waals surface area contributed by atoms with Crippen molar-refractivity contribution in [2.75, 3.05) is 6.54 Å². The van der Waals surface area contributed by atoms with Crippen LogP contribution in [0.4, 0.5) is 0 Å². The molecule has 0 aliphatic heterocycles. The van der Waals surface area contributed by atoms with E-state index in [1.165, 1.54) is 0 Å². The van der Waals surface area contributed by atoms with Crippen molar-refractivity contribution < 1.29 is 0 Å². The van der Waals surface area contributed by atoms with Gasteiger partial charge in [-0.15, -0.1) is 5.10 Å². The largest absolute Gasteiger partial charge is 0.343 e. The number of H-pyrrole nitrogens is 1. The highest BCUT2D eigenvalue weighted by Crippen LogP contribution is 2.39. The highest BCUT2D eigenvalue weighted by molar-refractivity contribution is 7.99. The van der Waals surface area contributed by atoms with Crippen molar-refractivity contribution in [1.29, 1.82) is 5.26 Å². The van der Waals surface area contributed by atoms with Gasteiger partial charge in [-0.25, -0.2) is 9.89 Å². The third-order valence-electron chi connectivity index (χ3n) is 3.71. The average Bonchev–Trinajstić information content (AvgIpc) is 3.02. The zero-order valence-corrected chi connectivity index (χ0v) is 12.8. The van der Waals surface area contributed by atoms with Gasteiger partial charge in [-0.2, -0.15) is 5.26 Å². The molecule has 2 unspecified atom stereocenters. The number of hydrogen-bond acceptors (Lipinski definition) is 5. The summed E-state index contributed by atoms with van der Waals surface area (Å²) in [5.41, 5.74) is -0.565. The minimum atomic E-state index is -0.401. The lowest BCUT2D eigenvalue weighted by atomic mass is 10.00. The normalized spacial score (nSPS) is 25.8. The first kappa shape index (κ1) is 15.1. The third-order valence-corrected chi connectivity index (χ3v) is 4.97. The number of aromatic amines is 1. The molecule has 7 heteroatoms. The van der Waals surface area contributed by atoms with Gasteiger partial charge in [-0.3, -0.25) is 9.88 Å². The Morgan fingerprint density at radius 1 is 1.65 bits per heavy atom. The Morgan fingerprint density at radius 2 is 2.45 bits per heavy atom. The Kier molecular flexibility index (Phi) is 4.89. The SMILES string of the molecule is CCCNC1(C#N)CCC(Sc2n[nH]c(=O)n2CC)C1. The number of hydrogen-bond donors (Lipinski definition) is 2. The van der Waals surface area contributed by atoms with Gasteiger partial charge in [0.15, 0.2) is 5.16 Å². The molecule has 1 aromatic rings. The molecule has 1 saturated carbocycles. The van der Waals surface area contributed by atoms with Gasteiger partial charge in [0.25, 0.3) is 0 Å². The molecule has 110 valence electrons. The van der Waals surface area contributed by atoms with Gasteiger partial charge in [-0.05, 0) is 39.2 Å². The van der Waals surface area contributed by atoms with Gasteiger partial charge >= 0.3 is 5.69 Å². The molecule has 0 spiro atoms. The molecule has 2 rings (SSSR count). The molecular weight excluding hydrogens is 274 g/mol. The molecule has 1 aliphatic carbocycles. The van der Waals surface area contributed by atoms with Crippen LogP contribution in [0, 0.1) is 11.3 Å². The lowest BCUT2D eigenvalue weighted by Crippen LogP contribution is -2.42. The van der Waals surface area contributed by atoms with E-state index in [4.69, 9.17) is 0 Å². The van der Waals surface area contributed by atoms with Crippen LogP contribution < -0.4 is 11.0 Å². The molecule has 0 aromatic carbocycles. The Balaban J connectivity index is 2.02. The van der Waals surface area contributed by atoms with E-state index in [0.29, 0.717) is 11.8 Å². The first-order valence-corrected chi connectivity index (χ1v) is 8.00. The fraction of sp³-hybridized carbons (Fsp3) is 0.769. The van der Waals surface area contributed by atoms with Crippen LogP contribution in [0.5, 0.6) is 0 Å². The van der Waals surface area contributed by atoms with Crippen molar-refractivity contribution in [3.8, 4) is 6.07 Å². The zero-order chi connectivity index (χ0) is 14.6. The van der Waals surface area contributed by atoms with Gasteiger partial charge in [-0.1, -0.05) is 18.7 Å². The molecule has 2 N–H and O–H groups in total. The average molecular weight is 295 g/mol. The highest BCUT2D eigenvalue weighted by Gasteiger charge is 2.39. The Hall–Kier alpha value is -1.26. The van der Waals surface area contributed by atoms with Crippen molar-refractivity contribution in [3.63, 3.8) is 0 Å². The Labute approximate surface area is 122 Å². The maximum Gasteiger partial charge on any atom is 0.343 e. The van der Waals surface area contributed by atoms with Crippen molar-refractivity contribution >= 4 is 11.8 Å². The minimum absolute atomic E-state index is 0.163. The Morgan fingerprint density at radius 3 is 3.10 bits per heavy atom. The second kappa shape index (κ2) is 6.46. The smallest absolute Gasteiger partial charge is 0.299 e. The summed E-state index contributed by atoms with van der Waals surface area (Å²) >= 11 is 1.60. The summed E-state index contributed by atoms with van der Waals surface area (Å²) in [6, 6.07) is 2.44. The molecule has 1 aliphatic rings. The fourth-order valence-electron chi connectivity index (χ4n) is 2.59. The molecule has 1 fully saturated rings. The van der Waals surface area contributed by atoms with Crippen molar-refractivity contribution in [2.45, 2.75) is 62.0 Å². The van der Waals surface area contributed by atoms with Gasteiger partial charge < -0.3 is 0 Å². The molecule has 1 aromatic heterocycles. The summed E-state index contributed by atoms with van der Waals surface area (Å²) in [4.78, 5) is 11.5. The second-order valence-electron chi connectivity index (χ2n) is 5.16. The Bertz CT molecular complexity index is 546. The summed E-state index contributed by atoms with van der Waals surface area (Å²) in [7, 11) is 0. The summed E-state index contributed by atoms with van der Waals surface area (Å²) in [5, 5.41) is 20.4. The van der Waals surface area contributed by atoms with Crippen LogP contribution >= 0.6 is 11.8 Å². The molecule has 1 heterocycles. The fourth-order valence-corrected chi connectivity index (χ4v) is 3.93. The lowest BCUT2D eigenvalue weighted by molar-refractivity contribution is 0.424. The van der Waals surface area contributed by atoms with E-state index in [1.807, 2.05) is 6.92 Å². The van der Waals surface area contributed by atoms with E-state index in [1.54, 1.807) is 16.3 Å². The second-order valence-corrected chi connectivity index (χ2v) is 6.43. The lowest BCUT2D eigenvalue weighted by Gasteiger charge is -2.22. The molecule has 20 heavy (non-hydrogen) atoms. The monoisotopic (exact) mass is 295 g/mol. The molecule has 6 nitrogen and oxygen atoms in total. The molecule has 0 saturated heterocycles. The summed E-state index contributed by atoms with van der Waals surface area (Å²) in [6.45, 7) is 5.51. The number of nitriles is 1. The van der Waals surface area contributed by atoms with E-state index < -0.39 is 5.54 Å². The molecular formula is C13H21N5OS. The topological polar surface area (TPSA) is 86.5 Å². The number of thioether (sulfide) groups is 1. The van der Waals surface area contributed by atoms with E-state index in [-0.39, 0.29) is 5.69 Å². The van der Waals surface area contributed by atoms with E-state index in [9.17, 15) is 10.1 Å². The summed E-state index contributed by atoms with van der Waals surface area (Å²) in [6.07, 6.45) is 3.66. The van der Waals surface area contributed by atoms with E-state index >= 15 is 0 Å². The molecule has 0 amide bonds. The first-order valence-electron chi connectivity index (χ1n) is 7.12. The van der Waals surface area contributed by atoms with E-state index in [0.717, 1.165) is 37.4 Å². The van der Waals surface area contributed by atoms with Crippen LogP contribution in [0.3, 0.4) is 0 Å². The predicted molar refractivity (Wildman–Crippen MR) is 78.7 cm³/mol. The zero-order valence-electron chi connectivity index (χ0n) is 12.0. The number of rotatable bonds is 6. The number of aromatic nitrogens is 3. The van der Waals surface area contributed by atoms with Gasteiger partial charge in [0.1, 0.15) is 5.54 Å². The standard InChI is InChI=1S/C13H21N5OS/c1-3-7-15-13(9-14)6-5-10(8-13)20-12-17-16-11(19)18(12)4-2/h10,15H,3-8H2,1-2H3,(H,16,19). The van der Waals surface area contributed by atoms with Gasteiger partial charge in [0.2, 0.25) is 0 Å². The van der Waals surface area contributed by atoms with Crippen LogP contribution in [-0.4, -0.2) is 32.1 Å². The first-order chi connectivity index (χ1) is 9.64. The van der Waals surface area contributed by atoms with Crippen LogP contribution in [0.2, 0.25) is 0 Å². The quantitative estimate of drug-likeness (QED) is 0.830. The van der Waals surface area contributed by atoms with Crippen LogP contribution in [0.1, 0.15) is 39.5 Å². The number of nitrogens with one attached hydrogen (secondary N) is 2. The van der Waals surface area contributed by atoms with Crippen molar-refractivity contribution in [2.24, 2.45) is 0 Å². The van der Waals surface area contributed by atoms with Gasteiger partial charge in [0, 0.05) is 11.8 Å². The molecule has 0 radical (unpaired) electrons. The van der Waals surface area contributed by atoms with Gasteiger partial charge in [0.05, 0.1) is 6.07 Å². The van der Waals surface area contributed by atoms with Crippen LogP contribution in [0.15, 0.2) is 9.95 Å². The molecule has 0 bridgehead atoms.